The van der Waals surface area contributed by atoms with Gasteiger partial charge in [0.2, 0.25) is 0 Å². The minimum atomic E-state index is 0.0275. The summed E-state index contributed by atoms with van der Waals surface area (Å²) in [7, 11) is 1.73. The van der Waals surface area contributed by atoms with Crippen LogP contribution in [0.25, 0.3) is 33.7 Å². The minimum Gasteiger partial charge on any atom is -0.381 e. The fourth-order valence-electron chi connectivity index (χ4n) is 2.55. The number of benzene rings is 1. The molecule has 0 saturated heterocycles. The lowest BCUT2D eigenvalue weighted by molar-refractivity contribution is 0.771. The van der Waals surface area contributed by atoms with Crippen LogP contribution in [-0.4, -0.2) is 34.9 Å². The van der Waals surface area contributed by atoms with E-state index in [9.17, 15) is 5.26 Å². The predicted molar refractivity (Wildman–Crippen MR) is 91.3 cm³/mol. The Balaban J connectivity index is 2.05. The number of aromatic nitrogens is 7. The number of anilines is 1. The molecule has 0 fully saturated rings. The van der Waals surface area contributed by atoms with E-state index in [0.717, 1.165) is 10.9 Å². The van der Waals surface area contributed by atoms with Crippen LogP contribution in [0.2, 0.25) is 5.02 Å². The first-order valence-corrected chi connectivity index (χ1v) is 7.51. The number of nitrogens with two attached hydrogens (primary N) is 1. The molecule has 4 rings (SSSR count). The zero-order chi connectivity index (χ0) is 17.6. The van der Waals surface area contributed by atoms with E-state index in [1.54, 1.807) is 24.0 Å². The fourth-order valence-corrected chi connectivity index (χ4v) is 2.82. The Morgan fingerprint density at radius 2 is 2.12 bits per heavy atom. The van der Waals surface area contributed by atoms with Gasteiger partial charge >= 0.3 is 0 Å². The van der Waals surface area contributed by atoms with Crippen molar-refractivity contribution in [2.45, 2.75) is 0 Å². The average molecular weight is 352 g/mol. The summed E-state index contributed by atoms with van der Waals surface area (Å²) in [6, 6.07) is 5.52. The molecule has 0 aliphatic carbocycles. The largest absolute Gasteiger partial charge is 0.381 e. The van der Waals surface area contributed by atoms with Gasteiger partial charge in [-0.2, -0.15) is 15.5 Å². The number of aromatic amines is 1. The molecule has 1 aromatic carbocycles. The van der Waals surface area contributed by atoms with Crippen molar-refractivity contribution >= 4 is 28.3 Å². The first kappa shape index (κ1) is 15.0. The number of nitrogens with zero attached hydrogens (tertiary/aromatic N) is 7. The maximum Gasteiger partial charge on any atom is 0.183 e. The molecule has 0 amide bonds. The first-order chi connectivity index (χ1) is 12.1. The normalized spacial score (nSPS) is 10.9. The molecular weight excluding hydrogens is 342 g/mol. The van der Waals surface area contributed by atoms with E-state index >= 15 is 0 Å². The summed E-state index contributed by atoms with van der Waals surface area (Å²) in [6.45, 7) is 0. The van der Waals surface area contributed by atoms with Crippen LogP contribution in [0.5, 0.6) is 0 Å². The van der Waals surface area contributed by atoms with Gasteiger partial charge in [0.15, 0.2) is 17.3 Å². The standard InChI is InChI=1S/C15H10ClN9/c1-25-15(19-6-21-25)13-12(22-10(4-17)14(18)23-13)7-2-8-5-20-24-11(8)9(16)3-7/h2-3,5-6H,1H3,(H2,18,23)(H,20,24). The molecule has 122 valence electrons. The zero-order valence-electron chi connectivity index (χ0n) is 12.9. The van der Waals surface area contributed by atoms with E-state index in [0.29, 0.717) is 27.8 Å². The van der Waals surface area contributed by atoms with Crippen molar-refractivity contribution in [1.82, 2.24) is 34.9 Å². The second-order valence-electron chi connectivity index (χ2n) is 5.27. The van der Waals surface area contributed by atoms with Crippen LogP contribution in [0.1, 0.15) is 5.69 Å². The number of nitrogens with one attached hydrogen (secondary N) is 1. The van der Waals surface area contributed by atoms with Crippen molar-refractivity contribution in [3.63, 3.8) is 0 Å². The zero-order valence-corrected chi connectivity index (χ0v) is 13.7. The van der Waals surface area contributed by atoms with Crippen molar-refractivity contribution in [2.75, 3.05) is 5.73 Å². The second kappa shape index (κ2) is 5.54. The molecule has 3 aromatic heterocycles. The molecule has 3 N–H and O–H groups in total. The van der Waals surface area contributed by atoms with Crippen molar-refractivity contribution in [2.24, 2.45) is 7.05 Å². The van der Waals surface area contributed by atoms with Crippen molar-refractivity contribution in [3.8, 4) is 28.8 Å². The van der Waals surface area contributed by atoms with Gasteiger partial charge in [0.1, 0.15) is 23.8 Å². The van der Waals surface area contributed by atoms with Crippen LogP contribution in [-0.2, 0) is 7.05 Å². The quantitative estimate of drug-likeness (QED) is 0.563. The number of nitrogen functional groups attached to an aromatic ring is 1. The van der Waals surface area contributed by atoms with E-state index in [4.69, 9.17) is 17.3 Å². The first-order valence-electron chi connectivity index (χ1n) is 7.13. The molecule has 0 aliphatic rings. The van der Waals surface area contributed by atoms with Crippen molar-refractivity contribution in [3.05, 3.63) is 35.4 Å². The van der Waals surface area contributed by atoms with Gasteiger partial charge in [0.05, 0.1) is 16.7 Å². The summed E-state index contributed by atoms with van der Waals surface area (Å²) in [5, 5.41) is 21.4. The van der Waals surface area contributed by atoms with Crippen LogP contribution < -0.4 is 5.73 Å². The lowest BCUT2D eigenvalue weighted by atomic mass is 10.1. The van der Waals surface area contributed by atoms with Gasteiger partial charge in [-0.05, 0) is 12.1 Å². The van der Waals surface area contributed by atoms with Gasteiger partial charge in [-0.25, -0.2) is 19.6 Å². The summed E-state index contributed by atoms with van der Waals surface area (Å²) in [4.78, 5) is 12.9. The molecule has 25 heavy (non-hydrogen) atoms. The molecule has 0 bridgehead atoms. The maximum absolute atomic E-state index is 9.25. The highest BCUT2D eigenvalue weighted by Gasteiger charge is 2.20. The number of rotatable bonds is 2. The highest BCUT2D eigenvalue weighted by atomic mass is 35.5. The number of hydrogen-bond acceptors (Lipinski definition) is 7. The van der Waals surface area contributed by atoms with Gasteiger partial charge in [0, 0.05) is 18.0 Å². The number of fused-ring (bicyclic) bond motifs is 1. The lowest BCUT2D eigenvalue weighted by Gasteiger charge is -2.10. The van der Waals surface area contributed by atoms with Crippen LogP contribution in [0.3, 0.4) is 0 Å². The third kappa shape index (κ3) is 2.36. The highest BCUT2D eigenvalue weighted by molar-refractivity contribution is 6.35. The Morgan fingerprint density at radius 1 is 1.28 bits per heavy atom. The Hall–Kier alpha value is -3.51. The summed E-state index contributed by atoms with van der Waals surface area (Å²) >= 11 is 6.32. The molecule has 4 aromatic rings. The fraction of sp³-hybridized carbons (Fsp3) is 0.0667. The highest BCUT2D eigenvalue weighted by Crippen LogP contribution is 2.33. The number of hydrogen-bond donors (Lipinski definition) is 2. The van der Waals surface area contributed by atoms with E-state index in [-0.39, 0.29) is 11.5 Å². The molecule has 0 aliphatic heterocycles. The molecule has 10 heteroatoms. The number of halogens is 1. The summed E-state index contributed by atoms with van der Waals surface area (Å²) in [6.07, 6.45) is 3.06. The second-order valence-corrected chi connectivity index (χ2v) is 5.67. The van der Waals surface area contributed by atoms with Crippen LogP contribution in [0.15, 0.2) is 24.7 Å². The molecule has 3 heterocycles. The Morgan fingerprint density at radius 3 is 2.84 bits per heavy atom. The Labute approximate surface area is 146 Å². The van der Waals surface area contributed by atoms with Gasteiger partial charge in [0.25, 0.3) is 0 Å². The van der Waals surface area contributed by atoms with E-state index in [2.05, 4.69) is 30.2 Å². The number of H-pyrrole nitrogens is 1. The molecular formula is C15H10ClN9. The van der Waals surface area contributed by atoms with E-state index in [1.807, 2.05) is 12.1 Å². The third-order valence-corrected chi connectivity index (χ3v) is 4.02. The molecule has 0 spiro atoms. The SMILES string of the molecule is Cn1ncnc1-c1nc(N)c(C#N)nc1-c1cc(Cl)c2[nH]ncc2c1. The van der Waals surface area contributed by atoms with Gasteiger partial charge in [-0.15, -0.1) is 0 Å². The predicted octanol–water partition coefficient (Wildman–Crippen LogP) is 1.92. The molecule has 0 atom stereocenters. The Kier molecular flexibility index (Phi) is 3.33. The van der Waals surface area contributed by atoms with Crippen molar-refractivity contribution < 1.29 is 0 Å². The van der Waals surface area contributed by atoms with Gasteiger partial charge < -0.3 is 5.73 Å². The summed E-state index contributed by atoms with van der Waals surface area (Å²) in [5.41, 5.74) is 8.11. The Bertz CT molecular complexity index is 1150. The molecule has 9 nitrogen and oxygen atoms in total. The van der Waals surface area contributed by atoms with Crippen LogP contribution in [0.4, 0.5) is 5.82 Å². The monoisotopic (exact) mass is 351 g/mol. The van der Waals surface area contributed by atoms with Gasteiger partial charge in [-0.1, -0.05) is 11.6 Å². The molecule has 0 unspecified atom stereocenters. The maximum atomic E-state index is 9.25. The molecule has 0 radical (unpaired) electrons. The van der Waals surface area contributed by atoms with Crippen molar-refractivity contribution in [1.29, 1.82) is 5.26 Å². The molecule has 0 saturated carbocycles. The number of aryl methyl sites for hydroxylation is 1. The topological polar surface area (TPSA) is 135 Å². The average Bonchev–Trinajstić information content (AvgIpc) is 3.23. The van der Waals surface area contributed by atoms with Crippen LogP contribution in [0, 0.1) is 11.3 Å². The third-order valence-electron chi connectivity index (χ3n) is 3.73. The summed E-state index contributed by atoms with van der Waals surface area (Å²) < 4.78 is 1.55. The number of nitriles is 1. The van der Waals surface area contributed by atoms with E-state index in [1.165, 1.54) is 6.33 Å². The van der Waals surface area contributed by atoms with E-state index < -0.39 is 0 Å². The minimum absolute atomic E-state index is 0.0275. The smallest absolute Gasteiger partial charge is 0.183 e. The summed E-state index contributed by atoms with van der Waals surface area (Å²) in [5.74, 6) is 0.502. The van der Waals surface area contributed by atoms with Crippen LogP contribution >= 0.6 is 11.6 Å². The lowest BCUT2D eigenvalue weighted by Crippen LogP contribution is -2.06. The van der Waals surface area contributed by atoms with Gasteiger partial charge in [-0.3, -0.25) is 5.10 Å².